The Morgan fingerprint density at radius 1 is 0.276 bits per heavy atom. The van der Waals surface area contributed by atoms with E-state index in [1.54, 1.807) is 0 Å². The molecule has 0 heterocycles. The highest BCUT2D eigenvalue weighted by atomic mass is 16.6. The van der Waals surface area contributed by atoms with E-state index in [1.165, 1.54) is 205 Å². The fourth-order valence-corrected chi connectivity index (χ4v) is 9.74. The molecule has 0 rings (SSSR count). The lowest BCUT2D eigenvalue weighted by molar-refractivity contribution is -0.167. The molecule has 0 radical (unpaired) electrons. The molecular weight excluding hydrogens is 937 g/mol. The third kappa shape index (κ3) is 62.0. The zero-order chi connectivity index (χ0) is 55.0. The number of carbonyl (C=O) groups is 3. The largest absolute Gasteiger partial charge is 0.462 e. The maximum Gasteiger partial charge on any atom is 0.306 e. The molecular formula is C70H126O6. The molecule has 0 aliphatic heterocycles. The third-order valence-corrected chi connectivity index (χ3v) is 14.7. The van der Waals surface area contributed by atoms with E-state index in [9.17, 15) is 14.4 Å². The zero-order valence-corrected chi connectivity index (χ0v) is 50.8. The van der Waals surface area contributed by atoms with Crippen LogP contribution in [0.1, 0.15) is 348 Å². The Balaban J connectivity index is 4.12. The summed E-state index contributed by atoms with van der Waals surface area (Å²) in [6.07, 6.45) is 82.6. The van der Waals surface area contributed by atoms with Gasteiger partial charge in [-0.25, -0.2) is 0 Å². The van der Waals surface area contributed by atoms with Gasteiger partial charge in [0.2, 0.25) is 0 Å². The average Bonchev–Trinajstić information content (AvgIpc) is 3.42. The number of hydrogen-bond donors (Lipinski definition) is 0. The predicted octanol–water partition coefficient (Wildman–Crippen LogP) is 22.7. The van der Waals surface area contributed by atoms with E-state index >= 15 is 0 Å². The Bertz CT molecular complexity index is 1360. The first-order valence-electron chi connectivity index (χ1n) is 33.3. The highest BCUT2D eigenvalue weighted by molar-refractivity contribution is 5.71. The van der Waals surface area contributed by atoms with Crippen molar-refractivity contribution in [2.45, 2.75) is 354 Å². The molecule has 0 aromatic carbocycles. The molecule has 0 bridgehead atoms. The van der Waals surface area contributed by atoms with Gasteiger partial charge in [0.1, 0.15) is 13.2 Å². The Hall–Kier alpha value is -2.89. The first-order valence-corrected chi connectivity index (χ1v) is 33.3. The minimum atomic E-state index is -0.786. The van der Waals surface area contributed by atoms with E-state index in [0.29, 0.717) is 19.3 Å². The van der Waals surface area contributed by atoms with Crippen molar-refractivity contribution < 1.29 is 28.6 Å². The molecule has 442 valence electrons. The van der Waals surface area contributed by atoms with E-state index in [4.69, 9.17) is 14.2 Å². The Labute approximate surface area is 472 Å². The molecule has 6 nitrogen and oxygen atoms in total. The SMILES string of the molecule is CC/C=C\C/C=C\C/C=C\CCCCCCCC(=O)OC(COC(=O)CCCCCCC/C=C\CCCCC)COC(=O)CCCCCCCCCCCCCCCCCCCCC/C=C\CCCCCCCCCC. The molecule has 0 saturated carbocycles. The molecule has 1 unspecified atom stereocenters. The molecule has 0 aliphatic carbocycles. The van der Waals surface area contributed by atoms with Gasteiger partial charge in [-0.2, -0.15) is 0 Å². The van der Waals surface area contributed by atoms with Crippen molar-refractivity contribution in [2.24, 2.45) is 0 Å². The number of rotatable bonds is 61. The van der Waals surface area contributed by atoms with Gasteiger partial charge in [-0.1, -0.05) is 287 Å². The van der Waals surface area contributed by atoms with Gasteiger partial charge in [0.15, 0.2) is 6.10 Å². The van der Waals surface area contributed by atoms with Crippen LogP contribution < -0.4 is 0 Å². The van der Waals surface area contributed by atoms with Gasteiger partial charge in [0, 0.05) is 19.3 Å². The van der Waals surface area contributed by atoms with E-state index in [-0.39, 0.29) is 31.1 Å². The summed E-state index contributed by atoms with van der Waals surface area (Å²) in [5, 5.41) is 0. The number of carbonyl (C=O) groups excluding carboxylic acids is 3. The van der Waals surface area contributed by atoms with Crippen molar-refractivity contribution in [3.05, 3.63) is 60.8 Å². The van der Waals surface area contributed by atoms with Crippen molar-refractivity contribution in [1.29, 1.82) is 0 Å². The molecule has 0 amide bonds. The lowest BCUT2D eigenvalue weighted by Crippen LogP contribution is -2.30. The third-order valence-electron chi connectivity index (χ3n) is 14.7. The molecule has 76 heavy (non-hydrogen) atoms. The van der Waals surface area contributed by atoms with Crippen molar-refractivity contribution in [3.63, 3.8) is 0 Å². The van der Waals surface area contributed by atoms with Gasteiger partial charge >= 0.3 is 17.9 Å². The molecule has 0 aromatic rings. The lowest BCUT2D eigenvalue weighted by Gasteiger charge is -2.18. The fourth-order valence-electron chi connectivity index (χ4n) is 9.74. The maximum atomic E-state index is 12.9. The summed E-state index contributed by atoms with van der Waals surface area (Å²) in [6, 6.07) is 0. The van der Waals surface area contributed by atoms with Crippen LogP contribution in [0.2, 0.25) is 0 Å². The number of ether oxygens (including phenoxy) is 3. The van der Waals surface area contributed by atoms with Gasteiger partial charge < -0.3 is 14.2 Å². The fraction of sp³-hybridized carbons (Fsp3) is 0.814. The molecule has 0 saturated heterocycles. The van der Waals surface area contributed by atoms with E-state index in [2.05, 4.69) is 81.5 Å². The van der Waals surface area contributed by atoms with Gasteiger partial charge in [-0.05, 0) is 103 Å². The van der Waals surface area contributed by atoms with Crippen LogP contribution in [0.5, 0.6) is 0 Å². The minimum Gasteiger partial charge on any atom is -0.462 e. The van der Waals surface area contributed by atoms with Crippen molar-refractivity contribution in [2.75, 3.05) is 13.2 Å². The molecule has 0 aliphatic rings. The molecule has 6 heteroatoms. The Kier molecular flexibility index (Phi) is 62.2. The maximum absolute atomic E-state index is 12.9. The number of unbranched alkanes of at least 4 members (excludes halogenated alkanes) is 40. The van der Waals surface area contributed by atoms with Crippen LogP contribution in [0.3, 0.4) is 0 Å². The minimum absolute atomic E-state index is 0.0812. The van der Waals surface area contributed by atoms with Crippen LogP contribution in [0, 0.1) is 0 Å². The zero-order valence-electron chi connectivity index (χ0n) is 50.8. The van der Waals surface area contributed by atoms with Gasteiger partial charge in [-0.3, -0.25) is 14.4 Å². The summed E-state index contributed by atoms with van der Waals surface area (Å²) in [6.45, 7) is 6.52. The molecule has 0 fully saturated rings. The first-order chi connectivity index (χ1) is 37.5. The monoisotopic (exact) mass is 1060 g/mol. The quantitative estimate of drug-likeness (QED) is 0.0261. The highest BCUT2D eigenvalue weighted by Crippen LogP contribution is 2.17. The number of allylic oxidation sites excluding steroid dienone is 10. The summed E-state index contributed by atoms with van der Waals surface area (Å²) in [4.78, 5) is 38.2. The second kappa shape index (κ2) is 64.6. The van der Waals surface area contributed by atoms with Crippen LogP contribution >= 0.6 is 0 Å². The highest BCUT2D eigenvalue weighted by Gasteiger charge is 2.19. The molecule has 0 N–H and O–H groups in total. The number of hydrogen-bond acceptors (Lipinski definition) is 6. The number of esters is 3. The average molecular weight is 1060 g/mol. The van der Waals surface area contributed by atoms with Crippen molar-refractivity contribution in [3.8, 4) is 0 Å². The van der Waals surface area contributed by atoms with E-state index in [0.717, 1.165) is 103 Å². The van der Waals surface area contributed by atoms with Crippen LogP contribution in [0.25, 0.3) is 0 Å². The first kappa shape index (κ1) is 73.1. The second-order valence-corrected chi connectivity index (χ2v) is 22.3. The van der Waals surface area contributed by atoms with Gasteiger partial charge in [0.25, 0.3) is 0 Å². The standard InChI is InChI=1S/C70H126O6/c1-4-7-10-13-16-19-22-25-27-28-29-30-31-32-33-34-35-36-37-38-39-40-41-42-44-45-48-51-54-57-60-63-69(72)75-66-67(65-74-68(71)62-59-56-53-50-47-24-21-18-15-12-9-6-3)76-70(73)64-61-58-55-52-49-46-43-26-23-20-17-14-11-8-5-2/h8,11,17-18,20-21,26,28-29,43,67H,4-7,9-10,12-16,19,22-25,27,30-42,44-66H2,1-3H3/b11-8-,20-17-,21-18-,29-28-,43-26-. The van der Waals surface area contributed by atoms with Crippen LogP contribution in [-0.4, -0.2) is 37.2 Å². The van der Waals surface area contributed by atoms with Crippen molar-refractivity contribution in [1.82, 2.24) is 0 Å². The van der Waals surface area contributed by atoms with E-state index in [1.807, 2.05) is 0 Å². The molecule has 1 atom stereocenters. The summed E-state index contributed by atoms with van der Waals surface area (Å²) >= 11 is 0. The van der Waals surface area contributed by atoms with Gasteiger partial charge in [-0.15, -0.1) is 0 Å². The second-order valence-electron chi connectivity index (χ2n) is 22.3. The van der Waals surface area contributed by atoms with Crippen molar-refractivity contribution >= 4 is 17.9 Å². The van der Waals surface area contributed by atoms with Crippen LogP contribution in [0.4, 0.5) is 0 Å². The molecule has 0 aromatic heterocycles. The summed E-state index contributed by atoms with van der Waals surface area (Å²) in [7, 11) is 0. The van der Waals surface area contributed by atoms with E-state index < -0.39 is 6.10 Å². The van der Waals surface area contributed by atoms with Crippen LogP contribution in [-0.2, 0) is 28.6 Å². The molecule has 0 spiro atoms. The van der Waals surface area contributed by atoms with Crippen LogP contribution in [0.15, 0.2) is 60.8 Å². The smallest absolute Gasteiger partial charge is 0.306 e. The topological polar surface area (TPSA) is 78.9 Å². The Morgan fingerprint density at radius 2 is 0.513 bits per heavy atom. The normalized spacial score (nSPS) is 12.4. The predicted molar refractivity (Wildman–Crippen MR) is 330 cm³/mol. The summed E-state index contributed by atoms with van der Waals surface area (Å²) < 4.78 is 16.9. The van der Waals surface area contributed by atoms with Gasteiger partial charge in [0.05, 0.1) is 0 Å². The lowest BCUT2D eigenvalue weighted by atomic mass is 10.0. The summed E-state index contributed by atoms with van der Waals surface area (Å²) in [5.74, 6) is -0.892. The summed E-state index contributed by atoms with van der Waals surface area (Å²) in [5.41, 5.74) is 0. The Morgan fingerprint density at radius 3 is 0.842 bits per heavy atom.